The Kier molecular flexibility index (Phi) is 7.61. The number of sulfonamides is 1. The van der Waals surface area contributed by atoms with Crippen LogP contribution in [0.25, 0.3) is 0 Å². The summed E-state index contributed by atoms with van der Waals surface area (Å²) in [4.78, 5) is 12.2. The molecule has 2 aromatic carbocycles. The van der Waals surface area contributed by atoms with Crippen LogP contribution < -0.4 is 5.32 Å². The van der Waals surface area contributed by atoms with Crippen molar-refractivity contribution in [3.8, 4) is 0 Å². The Morgan fingerprint density at radius 1 is 1.17 bits per heavy atom. The second kappa shape index (κ2) is 9.38. The van der Waals surface area contributed by atoms with Gasteiger partial charge in [0, 0.05) is 19.8 Å². The Morgan fingerprint density at radius 2 is 1.83 bits per heavy atom. The summed E-state index contributed by atoms with van der Waals surface area (Å²) in [6.45, 7) is 0. The first-order valence-electron chi connectivity index (χ1n) is 8.17. The van der Waals surface area contributed by atoms with Crippen molar-refractivity contribution < 1.29 is 26.4 Å². The van der Waals surface area contributed by atoms with Gasteiger partial charge >= 0.3 is 6.18 Å². The van der Waals surface area contributed by atoms with Crippen LogP contribution in [0, 0.1) is 0 Å². The third-order valence-corrected chi connectivity index (χ3v) is 6.89. The molecule has 0 unspecified atom stereocenters. The van der Waals surface area contributed by atoms with E-state index in [0.717, 1.165) is 28.2 Å². The van der Waals surface area contributed by atoms with E-state index in [0.29, 0.717) is 11.3 Å². The zero-order chi connectivity index (χ0) is 21.8. The maximum absolute atomic E-state index is 13.1. The van der Waals surface area contributed by atoms with Gasteiger partial charge in [-0.2, -0.15) is 13.2 Å². The van der Waals surface area contributed by atoms with Crippen LogP contribution in [-0.4, -0.2) is 38.5 Å². The van der Waals surface area contributed by atoms with Crippen LogP contribution in [-0.2, 0) is 26.7 Å². The number of para-hydroxylation sites is 1. The number of hydrogen-bond donors (Lipinski definition) is 1. The van der Waals surface area contributed by atoms with Gasteiger partial charge < -0.3 is 5.32 Å². The molecule has 158 valence electrons. The zero-order valence-electron chi connectivity index (χ0n) is 15.5. The van der Waals surface area contributed by atoms with Crippen LogP contribution in [0.15, 0.2) is 47.4 Å². The molecule has 0 aromatic heterocycles. The van der Waals surface area contributed by atoms with Crippen molar-refractivity contribution in [1.29, 1.82) is 0 Å². The Bertz CT molecular complexity index is 996. The fourth-order valence-corrected chi connectivity index (χ4v) is 4.30. The van der Waals surface area contributed by atoms with Gasteiger partial charge in [0.2, 0.25) is 15.9 Å². The summed E-state index contributed by atoms with van der Waals surface area (Å²) < 4.78 is 64.6. The van der Waals surface area contributed by atoms with Gasteiger partial charge in [0.15, 0.2) is 0 Å². The molecule has 0 heterocycles. The molecule has 1 amide bonds. The maximum atomic E-state index is 13.1. The lowest BCUT2D eigenvalue weighted by Crippen LogP contribution is -2.22. The first-order valence-corrected chi connectivity index (χ1v) is 11.1. The fourth-order valence-electron chi connectivity index (χ4n) is 2.33. The molecule has 5 nitrogen and oxygen atoms in total. The van der Waals surface area contributed by atoms with Crippen LogP contribution in [0.4, 0.5) is 18.9 Å². The molecule has 0 spiro atoms. The van der Waals surface area contributed by atoms with Crippen molar-refractivity contribution in [1.82, 2.24) is 4.31 Å². The highest BCUT2D eigenvalue weighted by atomic mass is 35.5. The van der Waals surface area contributed by atoms with E-state index in [1.807, 2.05) is 0 Å². The molecular formula is C18H18ClF3N2O3S2. The number of hydrogen-bond acceptors (Lipinski definition) is 4. The van der Waals surface area contributed by atoms with Gasteiger partial charge in [-0.1, -0.05) is 29.8 Å². The molecular weight excluding hydrogens is 449 g/mol. The maximum Gasteiger partial charge on any atom is 0.418 e. The number of carbonyl (C=O) groups is 1. The van der Waals surface area contributed by atoms with Crippen LogP contribution in [0.5, 0.6) is 0 Å². The monoisotopic (exact) mass is 466 g/mol. The Labute approximate surface area is 176 Å². The zero-order valence-corrected chi connectivity index (χ0v) is 17.8. The highest BCUT2D eigenvalue weighted by molar-refractivity contribution is 7.99. The predicted octanol–water partition coefficient (Wildman–Crippen LogP) is 4.48. The molecule has 0 fully saturated rings. The topological polar surface area (TPSA) is 66.5 Å². The molecule has 0 saturated heterocycles. The smallest absolute Gasteiger partial charge is 0.324 e. The summed E-state index contributed by atoms with van der Waals surface area (Å²) >= 11 is 6.95. The van der Waals surface area contributed by atoms with E-state index in [1.165, 1.54) is 32.3 Å². The number of alkyl halides is 3. The van der Waals surface area contributed by atoms with Crippen molar-refractivity contribution >= 4 is 45.0 Å². The summed E-state index contributed by atoms with van der Waals surface area (Å²) in [7, 11) is -0.738. The molecule has 1 N–H and O–H groups in total. The Morgan fingerprint density at radius 3 is 2.45 bits per heavy atom. The van der Waals surface area contributed by atoms with Crippen LogP contribution >= 0.6 is 23.4 Å². The summed E-state index contributed by atoms with van der Waals surface area (Å²) in [6, 6.07) is 9.51. The van der Waals surface area contributed by atoms with E-state index in [4.69, 9.17) is 11.6 Å². The van der Waals surface area contributed by atoms with E-state index in [-0.39, 0.29) is 15.7 Å². The van der Waals surface area contributed by atoms with Gasteiger partial charge in [-0.3, -0.25) is 4.79 Å². The van der Waals surface area contributed by atoms with Gasteiger partial charge in [-0.15, -0.1) is 11.8 Å². The number of carbonyl (C=O) groups excluding carboxylic acids is 1. The molecule has 0 atom stereocenters. The summed E-state index contributed by atoms with van der Waals surface area (Å²) in [5, 5.41) is 2.00. The van der Waals surface area contributed by atoms with Crippen molar-refractivity contribution in [2.24, 2.45) is 0 Å². The lowest BCUT2D eigenvalue weighted by Gasteiger charge is -2.15. The average molecular weight is 467 g/mol. The van der Waals surface area contributed by atoms with Gasteiger partial charge in [-0.25, -0.2) is 12.7 Å². The van der Waals surface area contributed by atoms with E-state index < -0.39 is 33.4 Å². The van der Waals surface area contributed by atoms with Crippen molar-refractivity contribution in [3.63, 3.8) is 0 Å². The lowest BCUT2D eigenvalue weighted by atomic mass is 10.1. The SMILES string of the molecule is CN(C)S(=O)(=O)c1cccc(CSCC(=O)Nc2c(Cl)cccc2C(F)(F)F)c1. The molecule has 0 bridgehead atoms. The second-order valence-electron chi connectivity index (χ2n) is 6.14. The van der Waals surface area contributed by atoms with E-state index in [2.05, 4.69) is 5.32 Å². The largest absolute Gasteiger partial charge is 0.418 e. The number of amides is 1. The average Bonchev–Trinajstić information content (AvgIpc) is 2.62. The molecule has 2 aromatic rings. The number of anilines is 1. The molecule has 0 saturated carbocycles. The first kappa shape index (κ1) is 23.5. The van der Waals surface area contributed by atoms with E-state index in [9.17, 15) is 26.4 Å². The number of halogens is 4. The number of rotatable bonds is 7. The van der Waals surface area contributed by atoms with Crippen molar-refractivity contribution in [3.05, 3.63) is 58.6 Å². The minimum absolute atomic E-state index is 0.121. The van der Waals surface area contributed by atoms with Crippen LogP contribution in [0.3, 0.4) is 0 Å². The highest BCUT2D eigenvalue weighted by Crippen LogP contribution is 2.38. The predicted molar refractivity (Wildman–Crippen MR) is 109 cm³/mol. The van der Waals surface area contributed by atoms with Gasteiger partial charge in [-0.05, 0) is 29.8 Å². The second-order valence-corrected chi connectivity index (χ2v) is 9.68. The molecule has 2 rings (SSSR count). The summed E-state index contributed by atoms with van der Waals surface area (Å²) in [6.07, 6.45) is -4.65. The summed E-state index contributed by atoms with van der Waals surface area (Å²) in [5.41, 5.74) is -0.837. The number of nitrogens with zero attached hydrogens (tertiary/aromatic N) is 1. The first-order chi connectivity index (χ1) is 13.4. The number of nitrogens with one attached hydrogen (secondary N) is 1. The van der Waals surface area contributed by atoms with Crippen molar-refractivity contribution in [2.45, 2.75) is 16.8 Å². The minimum Gasteiger partial charge on any atom is -0.324 e. The third kappa shape index (κ3) is 6.11. The third-order valence-electron chi connectivity index (χ3n) is 3.76. The van der Waals surface area contributed by atoms with E-state index in [1.54, 1.807) is 12.1 Å². The van der Waals surface area contributed by atoms with Gasteiger partial charge in [0.25, 0.3) is 0 Å². The normalized spacial score (nSPS) is 12.2. The summed E-state index contributed by atoms with van der Waals surface area (Å²) in [5.74, 6) is -0.475. The quantitative estimate of drug-likeness (QED) is 0.653. The molecule has 11 heteroatoms. The van der Waals surface area contributed by atoms with Gasteiger partial charge in [0.1, 0.15) is 0 Å². The van der Waals surface area contributed by atoms with Crippen LogP contribution in [0.1, 0.15) is 11.1 Å². The molecule has 0 aliphatic rings. The highest BCUT2D eigenvalue weighted by Gasteiger charge is 2.34. The van der Waals surface area contributed by atoms with Crippen LogP contribution in [0.2, 0.25) is 5.02 Å². The Hall–Kier alpha value is -1.75. The number of thioether (sulfide) groups is 1. The minimum atomic E-state index is -4.65. The lowest BCUT2D eigenvalue weighted by molar-refractivity contribution is -0.137. The Balaban J connectivity index is 2.02. The van der Waals surface area contributed by atoms with Crippen molar-refractivity contribution in [2.75, 3.05) is 25.2 Å². The molecule has 29 heavy (non-hydrogen) atoms. The standard InChI is InChI=1S/C18H18ClF3N2O3S2/c1-24(2)29(26,27)13-6-3-5-12(9-13)10-28-11-16(25)23-17-14(18(20,21)22)7-4-8-15(17)19/h3-9H,10-11H2,1-2H3,(H,23,25). The van der Waals surface area contributed by atoms with E-state index >= 15 is 0 Å². The van der Waals surface area contributed by atoms with Gasteiger partial charge in [0.05, 0.1) is 26.9 Å². The fraction of sp³-hybridized carbons (Fsp3) is 0.278. The number of benzene rings is 2. The molecule has 0 radical (unpaired) electrons. The molecule has 0 aliphatic carbocycles. The molecule has 0 aliphatic heterocycles.